The average Bonchev–Trinajstić information content (AvgIpc) is 2.76. The summed E-state index contributed by atoms with van der Waals surface area (Å²) in [5.74, 6) is -0.806. The number of rotatable bonds is 4. The highest BCUT2D eigenvalue weighted by atomic mass is 35.5. The molecule has 0 aliphatic heterocycles. The van der Waals surface area contributed by atoms with E-state index in [4.69, 9.17) is 16.7 Å². The molecule has 0 aliphatic rings. The van der Waals surface area contributed by atoms with E-state index in [2.05, 4.69) is 5.10 Å². The van der Waals surface area contributed by atoms with Gasteiger partial charge in [0.15, 0.2) is 0 Å². The first-order valence-corrected chi connectivity index (χ1v) is 7.19. The fourth-order valence-corrected chi connectivity index (χ4v) is 2.44. The number of aromatic nitrogens is 2. The van der Waals surface area contributed by atoms with Gasteiger partial charge in [-0.2, -0.15) is 4.68 Å². The van der Waals surface area contributed by atoms with E-state index in [1.54, 1.807) is 24.3 Å². The maximum absolute atomic E-state index is 11.3. The first-order chi connectivity index (χ1) is 9.29. The van der Waals surface area contributed by atoms with Crippen LogP contribution in [0.15, 0.2) is 35.4 Å². The summed E-state index contributed by atoms with van der Waals surface area (Å²) < 4.78 is 23.7. The zero-order valence-electron chi connectivity index (χ0n) is 9.93. The maximum Gasteiger partial charge on any atom is 0.410 e. The predicted octanol–water partition coefficient (Wildman–Crippen LogP) is 1.14. The van der Waals surface area contributed by atoms with E-state index in [1.165, 1.54) is 0 Å². The Hall–Kier alpha value is -1.97. The molecule has 0 radical (unpaired) electrons. The number of nitro groups is 1. The van der Waals surface area contributed by atoms with Crippen molar-refractivity contribution in [1.82, 2.24) is 9.78 Å². The van der Waals surface area contributed by atoms with Gasteiger partial charge >= 0.3 is 5.82 Å². The van der Waals surface area contributed by atoms with Crippen LogP contribution >= 0.6 is 11.6 Å². The summed E-state index contributed by atoms with van der Waals surface area (Å²) in [6, 6.07) is 6.81. The first kappa shape index (κ1) is 14.4. The van der Waals surface area contributed by atoms with Gasteiger partial charge < -0.3 is 10.1 Å². The summed E-state index contributed by atoms with van der Waals surface area (Å²) in [7, 11) is -4.22. The van der Waals surface area contributed by atoms with Crippen LogP contribution in [0.3, 0.4) is 0 Å². The average molecular weight is 317 g/mol. The van der Waals surface area contributed by atoms with Crippen LogP contribution in [-0.4, -0.2) is 23.1 Å². The van der Waals surface area contributed by atoms with Crippen LogP contribution < -0.4 is 5.14 Å². The van der Waals surface area contributed by atoms with Crippen molar-refractivity contribution in [2.45, 2.75) is 11.4 Å². The molecule has 2 aromatic rings. The fraction of sp³-hybridized carbons (Fsp3) is 0.100. The van der Waals surface area contributed by atoms with Crippen molar-refractivity contribution in [3.8, 4) is 0 Å². The van der Waals surface area contributed by atoms with E-state index in [9.17, 15) is 18.5 Å². The van der Waals surface area contributed by atoms with Gasteiger partial charge in [0.2, 0.25) is 14.9 Å². The number of nitrogens with two attached hydrogens (primary N) is 1. The number of benzene rings is 1. The Labute approximate surface area is 119 Å². The minimum absolute atomic E-state index is 0.0933. The number of primary sulfonamides is 1. The van der Waals surface area contributed by atoms with Gasteiger partial charge in [-0.05, 0) is 16.6 Å². The van der Waals surface area contributed by atoms with E-state index >= 15 is 0 Å². The summed E-state index contributed by atoms with van der Waals surface area (Å²) in [6.45, 7) is 0.0933. The molecule has 0 aliphatic carbocycles. The van der Waals surface area contributed by atoms with E-state index in [-0.39, 0.29) is 6.54 Å². The Kier molecular flexibility index (Phi) is 3.75. The molecule has 0 saturated carbocycles. The highest BCUT2D eigenvalue weighted by Gasteiger charge is 2.28. The van der Waals surface area contributed by atoms with Crippen molar-refractivity contribution < 1.29 is 13.3 Å². The Morgan fingerprint density at radius 1 is 1.40 bits per heavy atom. The zero-order valence-corrected chi connectivity index (χ0v) is 11.5. The standard InChI is InChI=1S/C10H9ClN4O4S/c11-8-4-2-1-3-7(8)5-14-6-9(20(12,18)19)10(13-14)15(16)17/h1-4,6H,5H2,(H2,12,18,19). The second-order valence-corrected chi connectivity index (χ2v) is 5.85. The van der Waals surface area contributed by atoms with Crippen molar-refractivity contribution in [1.29, 1.82) is 0 Å². The molecule has 0 bridgehead atoms. The Morgan fingerprint density at radius 3 is 2.55 bits per heavy atom. The fourth-order valence-electron chi connectivity index (χ4n) is 1.60. The predicted molar refractivity (Wildman–Crippen MR) is 70.8 cm³/mol. The van der Waals surface area contributed by atoms with Crippen LogP contribution in [0.5, 0.6) is 0 Å². The molecule has 0 unspecified atom stereocenters. The summed E-state index contributed by atoms with van der Waals surface area (Å²) in [6.07, 6.45) is 1.01. The molecule has 0 saturated heterocycles. The molecule has 10 heteroatoms. The molecule has 0 fully saturated rings. The molecule has 8 nitrogen and oxygen atoms in total. The Morgan fingerprint density at radius 2 is 2.05 bits per heavy atom. The summed E-state index contributed by atoms with van der Waals surface area (Å²) in [5.41, 5.74) is 0.646. The lowest BCUT2D eigenvalue weighted by molar-refractivity contribution is -0.392. The van der Waals surface area contributed by atoms with Gasteiger partial charge in [0.05, 0.1) is 17.8 Å². The Balaban J connectivity index is 2.45. The minimum Gasteiger partial charge on any atom is -0.358 e. The molecule has 1 aromatic heterocycles. The van der Waals surface area contributed by atoms with Gasteiger partial charge in [-0.15, -0.1) is 0 Å². The number of nitrogens with zero attached hydrogens (tertiary/aromatic N) is 3. The van der Waals surface area contributed by atoms with Gasteiger partial charge in [0, 0.05) is 5.02 Å². The molecule has 106 valence electrons. The molecule has 2 N–H and O–H groups in total. The summed E-state index contributed by atoms with van der Waals surface area (Å²) in [4.78, 5) is 9.25. The third kappa shape index (κ3) is 2.95. The van der Waals surface area contributed by atoms with E-state index in [1.807, 2.05) is 0 Å². The molecule has 20 heavy (non-hydrogen) atoms. The molecule has 1 heterocycles. The van der Waals surface area contributed by atoms with Gasteiger partial charge in [-0.1, -0.05) is 29.8 Å². The third-order valence-corrected chi connectivity index (χ3v) is 3.75. The van der Waals surface area contributed by atoms with E-state index in [0.29, 0.717) is 10.6 Å². The van der Waals surface area contributed by atoms with Gasteiger partial charge in [-0.3, -0.25) is 0 Å². The summed E-state index contributed by atoms with van der Waals surface area (Å²) in [5, 5.41) is 19.8. The van der Waals surface area contributed by atoms with Gasteiger partial charge in [0.1, 0.15) is 0 Å². The molecule has 0 amide bonds. The molecular formula is C10H9ClN4O4S. The summed E-state index contributed by atoms with van der Waals surface area (Å²) >= 11 is 5.96. The lowest BCUT2D eigenvalue weighted by atomic mass is 10.2. The SMILES string of the molecule is NS(=O)(=O)c1cn(Cc2ccccc2Cl)nc1[N+](=O)[O-]. The van der Waals surface area contributed by atoms with E-state index < -0.39 is 25.7 Å². The zero-order chi connectivity index (χ0) is 14.9. The van der Waals surface area contributed by atoms with Crippen LogP contribution in [0.4, 0.5) is 5.82 Å². The van der Waals surface area contributed by atoms with Crippen LogP contribution in [0.2, 0.25) is 5.02 Å². The third-order valence-electron chi connectivity index (χ3n) is 2.48. The largest absolute Gasteiger partial charge is 0.410 e. The maximum atomic E-state index is 11.3. The van der Waals surface area contributed by atoms with Gasteiger partial charge in [-0.25, -0.2) is 13.6 Å². The van der Waals surface area contributed by atoms with Crippen LogP contribution in [0.1, 0.15) is 5.56 Å². The molecular weight excluding hydrogens is 308 g/mol. The Bertz CT molecular complexity index is 771. The lowest BCUT2D eigenvalue weighted by Gasteiger charge is -2.00. The molecule has 1 aromatic carbocycles. The smallest absolute Gasteiger partial charge is 0.358 e. The lowest BCUT2D eigenvalue weighted by Crippen LogP contribution is -2.13. The van der Waals surface area contributed by atoms with Crippen molar-refractivity contribution in [3.63, 3.8) is 0 Å². The monoisotopic (exact) mass is 316 g/mol. The number of hydrogen-bond donors (Lipinski definition) is 1. The molecule has 0 spiro atoms. The normalized spacial score (nSPS) is 11.5. The quantitative estimate of drug-likeness (QED) is 0.669. The van der Waals surface area contributed by atoms with Crippen LogP contribution in [0, 0.1) is 10.1 Å². The van der Waals surface area contributed by atoms with Crippen molar-refractivity contribution >= 4 is 27.4 Å². The number of sulfonamides is 1. The second kappa shape index (κ2) is 5.19. The molecule has 2 rings (SSSR count). The van der Waals surface area contributed by atoms with Crippen LogP contribution in [-0.2, 0) is 16.6 Å². The number of hydrogen-bond acceptors (Lipinski definition) is 5. The van der Waals surface area contributed by atoms with Crippen LogP contribution in [0.25, 0.3) is 0 Å². The van der Waals surface area contributed by atoms with Crippen molar-refractivity contribution in [2.75, 3.05) is 0 Å². The van der Waals surface area contributed by atoms with E-state index in [0.717, 1.165) is 10.9 Å². The topological polar surface area (TPSA) is 121 Å². The van der Waals surface area contributed by atoms with Gasteiger partial charge in [0.25, 0.3) is 0 Å². The highest BCUT2D eigenvalue weighted by Crippen LogP contribution is 2.22. The minimum atomic E-state index is -4.22. The first-order valence-electron chi connectivity index (χ1n) is 5.27. The molecule has 0 atom stereocenters. The van der Waals surface area contributed by atoms with Crippen molar-refractivity contribution in [3.05, 3.63) is 51.2 Å². The second-order valence-electron chi connectivity index (χ2n) is 3.91. The number of halogens is 1. The van der Waals surface area contributed by atoms with Crippen molar-refractivity contribution in [2.24, 2.45) is 5.14 Å². The highest BCUT2D eigenvalue weighted by molar-refractivity contribution is 7.89.